The minimum atomic E-state index is -3.80. The molecule has 0 saturated carbocycles. The molecule has 1 aromatic carbocycles. The number of benzene rings is 1. The van der Waals surface area contributed by atoms with E-state index in [0.717, 1.165) is 0 Å². The van der Waals surface area contributed by atoms with E-state index in [-0.39, 0.29) is 23.0 Å². The first-order valence-corrected chi connectivity index (χ1v) is 7.61. The average Bonchev–Trinajstić information content (AvgIpc) is 2.43. The summed E-state index contributed by atoms with van der Waals surface area (Å²) in [6.07, 6.45) is 0. The zero-order chi connectivity index (χ0) is 15.3. The Hall–Kier alpha value is -1.44. The molecule has 112 valence electrons. The van der Waals surface area contributed by atoms with Gasteiger partial charge in [0.05, 0.1) is 24.2 Å². The molecule has 1 rings (SSSR count). The minimum absolute atomic E-state index is 0.0421. The van der Waals surface area contributed by atoms with Crippen LogP contribution < -0.4 is 4.72 Å². The van der Waals surface area contributed by atoms with Crippen molar-refractivity contribution in [3.05, 3.63) is 29.8 Å². The predicted molar refractivity (Wildman–Crippen MR) is 73.8 cm³/mol. The molecule has 1 aromatic rings. The van der Waals surface area contributed by atoms with Gasteiger partial charge < -0.3 is 9.84 Å². The van der Waals surface area contributed by atoms with Crippen LogP contribution >= 0.6 is 0 Å². The zero-order valence-corrected chi connectivity index (χ0v) is 12.5. The van der Waals surface area contributed by atoms with E-state index in [1.165, 1.54) is 31.4 Å². The number of ether oxygens (including phenoxy) is 1. The minimum Gasteiger partial charge on any atom is -0.465 e. The average molecular weight is 301 g/mol. The topological polar surface area (TPSA) is 92.7 Å². The number of sulfonamides is 1. The third-order valence-corrected chi connectivity index (χ3v) is 4.36. The Labute approximate surface area is 118 Å². The standard InChI is InChI=1S/C13H19NO5S/c1-9(2)12(8-15)14-20(17,18)11-6-4-5-10(7-11)13(16)19-3/h4-7,9,12,14-15H,8H2,1-3H3/t12-/m1/s1. The van der Waals surface area contributed by atoms with Gasteiger partial charge in [0, 0.05) is 6.04 Å². The van der Waals surface area contributed by atoms with E-state index in [1.807, 2.05) is 0 Å². The number of nitrogens with one attached hydrogen (secondary N) is 1. The molecular weight excluding hydrogens is 282 g/mol. The first-order valence-electron chi connectivity index (χ1n) is 6.13. The number of rotatable bonds is 6. The summed E-state index contributed by atoms with van der Waals surface area (Å²) in [4.78, 5) is 11.4. The van der Waals surface area contributed by atoms with Gasteiger partial charge in [-0.2, -0.15) is 0 Å². The lowest BCUT2D eigenvalue weighted by atomic mass is 10.1. The van der Waals surface area contributed by atoms with Crippen molar-refractivity contribution in [2.75, 3.05) is 13.7 Å². The van der Waals surface area contributed by atoms with Crippen molar-refractivity contribution in [2.24, 2.45) is 5.92 Å². The quantitative estimate of drug-likeness (QED) is 0.757. The van der Waals surface area contributed by atoms with Crippen molar-refractivity contribution in [2.45, 2.75) is 24.8 Å². The molecule has 0 heterocycles. The zero-order valence-electron chi connectivity index (χ0n) is 11.7. The van der Waals surface area contributed by atoms with Gasteiger partial charge in [0.2, 0.25) is 10.0 Å². The summed E-state index contributed by atoms with van der Waals surface area (Å²) in [5, 5.41) is 9.19. The van der Waals surface area contributed by atoms with Crippen LogP contribution in [0.25, 0.3) is 0 Å². The number of aliphatic hydroxyl groups excluding tert-OH is 1. The highest BCUT2D eigenvalue weighted by Crippen LogP contribution is 2.14. The molecule has 0 aliphatic carbocycles. The van der Waals surface area contributed by atoms with Crippen LogP contribution in [0, 0.1) is 5.92 Å². The van der Waals surface area contributed by atoms with Crippen molar-refractivity contribution in [3.8, 4) is 0 Å². The Bertz CT molecular complexity index is 568. The van der Waals surface area contributed by atoms with E-state index in [9.17, 15) is 18.3 Å². The lowest BCUT2D eigenvalue weighted by Gasteiger charge is -2.19. The molecule has 0 amide bonds. The number of hydrogen-bond acceptors (Lipinski definition) is 5. The molecule has 0 fully saturated rings. The van der Waals surface area contributed by atoms with E-state index in [2.05, 4.69) is 9.46 Å². The number of hydrogen-bond donors (Lipinski definition) is 2. The van der Waals surface area contributed by atoms with Gasteiger partial charge in [-0.25, -0.2) is 17.9 Å². The predicted octanol–water partition coefficient (Wildman–Crippen LogP) is 0.768. The second kappa shape index (κ2) is 6.83. The number of carbonyl (C=O) groups is 1. The summed E-state index contributed by atoms with van der Waals surface area (Å²) < 4.78 is 31.4. The molecular formula is C13H19NO5S. The van der Waals surface area contributed by atoms with E-state index in [1.54, 1.807) is 13.8 Å². The molecule has 0 aliphatic heterocycles. The fourth-order valence-electron chi connectivity index (χ4n) is 1.56. The van der Waals surface area contributed by atoms with Gasteiger partial charge >= 0.3 is 5.97 Å². The van der Waals surface area contributed by atoms with Crippen LogP contribution in [0.15, 0.2) is 29.2 Å². The first-order chi connectivity index (χ1) is 9.31. The maximum absolute atomic E-state index is 12.2. The van der Waals surface area contributed by atoms with Gasteiger partial charge in [-0.1, -0.05) is 19.9 Å². The van der Waals surface area contributed by atoms with Crippen LogP contribution in [0.1, 0.15) is 24.2 Å². The number of methoxy groups -OCH3 is 1. The lowest BCUT2D eigenvalue weighted by Crippen LogP contribution is -2.41. The van der Waals surface area contributed by atoms with E-state index < -0.39 is 22.0 Å². The van der Waals surface area contributed by atoms with Crippen LogP contribution in [-0.2, 0) is 14.8 Å². The lowest BCUT2D eigenvalue weighted by molar-refractivity contribution is 0.0600. The summed E-state index contributed by atoms with van der Waals surface area (Å²) in [6.45, 7) is 3.30. The van der Waals surface area contributed by atoms with Crippen LogP contribution in [0.2, 0.25) is 0 Å². The third kappa shape index (κ3) is 4.03. The van der Waals surface area contributed by atoms with Crippen LogP contribution in [0.5, 0.6) is 0 Å². The van der Waals surface area contributed by atoms with Crippen LogP contribution in [0.3, 0.4) is 0 Å². The molecule has 2 N–H and O–H groups in total. The summed E-state index contributed by atoms with van der Waals surface area (Å²) in [7, 11) is -2.57. The normalized spacial score (nSPS) is 13.2. The molecule has 1 atom stereocenters. The van der Waals surface area contributed by atoms with Gasteiger partial charge in [-0.05, 0) is 24.1 Å². The Balaban J connectivity index is 3.07. The fourth-order valence-corrected chi connectivity index (χ4v) is 2.98. The van der Waals surface area contributed by atoms with Crippen molar-refractivity contribution in [1.82, 2.24) is 4.72 Å². The van der Waals surface area contributed by atoms with Crippen molar-refractivity contribution in [3.63, 3.8) is 0 Å². The first kappa shape index (κ1) is 16.6. The van der Waals surface area contributed by atoms with Crippen molar-refractivity contribution >= 4 is 16.0 Å². The van der Waals surface area contributed by atoms with Gasteiger partial charge in [0.25, 0.3) is 0 Å². The molecule has 0 aliphatic rings. The van der Waals surface area contributed by atoms with Gasteiger partial charge in [0.15, 0.2) is 0 Å². The highest BCUT2D eigenvalue weighted by molar-refractivity contribution is 7.89. The van der Waals surface area contributed by atoms with Gasteiger partial charge in [0.1, 0.15) is 0 Å². The maximum Gasteiger partial charge on any atom is 0.337 e. The summed E-state index contributed by atoms with van der Waals surface area (Å²) in [5.74, 6) is -0.664. The fraction of sp³-hybridized carbons (Fsp3) is 0.462. The SMILES string of the molecule is COC(=O)c1cccc(S(=O)(=O)N[C@H](CO)C(C)C)c1. The molecule has 20 heavy (non-hydrogen) atoms. The monoisotopic (exact) mass is 301 g/mol. The third-order valence-electron chi connectivity index (χ3n) is 2.87. The van der Waals surface area contributed by atoms with Crippen LogP contribution in [0.4, 0.5) is 0 Å². The molecule has 0 saturated heterocycles. The summed E-state index contributed by atoms with van der Waals surface area (Å²) in [5.41, 5.74) is 0.153. The summed E-state index contributed by atoms with van der Waals surface area (Å²) >= 11 is 0. The van der Waals surface area contributed by atoms with Crippen molar-refractivity contribution < 1.29 is 23.1 Å². The highest BCUT2D eigenvalue weighted by atomic mass is 32.2. The second-order valence-electron chi connectivity index (χ2n) is 4.67. The van der Waals surface area contributed by atoms with Gasteiger partial charge in [-0.3, -0.25) is 0 Å². The van der Waals surface area contributed by atoms with E-state index in [0.29, 0.717) is 0 Å². The second-order valence-corrected chi connectivity index (χ2v) is 6.39. The largest absolute Gasteiger partial charge is 0.465 e. The highest BCUT2D eigenvalue weighted by Gasteiger charge is 2.22. The van der Waals surface area contributed by atoms with E-state index >= 15 is 0 Å². The van der Waals surface area contributed by atoms with Crippen molar-refractivity contribution in [1.29, 1.82) is 0 Å². The molecule has 0 bridgehead atoms. The van der Waals surface area contributed by atoms with E-state index in [4.69, 9.17) is 0 Å². The molecule has 0 radical (unpaired) electrons. The molecule has 7 heteroatoms. The Morgan fingerprint density at radius 1 is 1.40 bits per heavy atom. The van der Waals surface area contributed by atoms with Crippen LogP contribution in [-0.4, -0.2) is 39.3 Å². The summed E-state index contributed by atoms with van der Waals surface area (Å²) in [6, 6.07) is 4.97. The molecule has 6 nitrogen and oxygen atoms in total. The number of esters is 1. The number of carbonyl (C=O) groups excluding carboxylic acids is 1. The van der Waals surface area contributed by atoms with Gasteiger partial charge in [-0.15, -0.1) is 0 Å². The Morgan fingerprint density at radius 2 is 2.05 bits per heavy atom. The number of aliphatic hydroxyl groups is 1. The smallest absolute Gasteiger partial charge is 0.337 e. The Kier molecular flexibility index (Phi) is 5.67. The Morgan fingerprint density at radius 3 is 2.55 bits per heavy atom. The molecule has 0 aromatic heterocycles. The molecule has 0 unspecified atom stereocenters. The maximum atomic E-state index is 12.2. The molecule has 0 spiro atoms.